The molecule has 0 fully saturated rings. The summed E-state index contributed by atoms with van der Waals surface area (Å²) in [5.74, 6) is 1.60. The van der Waals surface area contributed by atoms with Crippen LogP contribution in [0.1, 0.15) is 18.2 Å². The number of anilines is 1. The zero-order valence-electron chi connectivity index (χ0n) is 11.5. The van der Waals surface area contributed by atoms with Crippen molar-refractivity contribution < 1.29 is 9.47 Å². The molecule has 0 saturated carbocycles. The summed E-state index contributed by atoms with van der Waals surface area (Å²) in [5.41, 5.74) is 4.41. The number of pyridine rings is 1. The second-order valence-corrected chi connectivity index (χ2v) is 4.67. The van der Waals surface area contributed by atoms with Crippen LogP contribution in [0.4, 0.5) is 5.69 Å². The summed E-state index contributed by atoms with van der Waals surface area (Å²) in [6.07, 6.45) is 0.958. The number of hydrogen-bond acceptors (Lipinski definition) is 4. The van der Waals surface area contributed by atoms with Crippen LogP contribution in [0, 0.1) is 6.92 Å². The minimum absolute atomic E-state index is 0.601. The zero-order valence-corrected chi connectivity index (χ0v) is 11.5. The van der Waals surface area contributed by atoms with E-state index in [2.05, 4.69) is 24.1 Å². The molecule has 3 rings (SSSR count). The Labute approximate surface area is 112 Å². The maximum atomic E-state index is 5.65. The first kappa shape index (κ1) is 12.1. The third kappa shape index (κ3) is 1.87. The lowest BCUT2D eigenvalue weighted by Crippen LogP contribution is -2.15. The van der Waals surface area contributed by atoms with Crippen molar-refractivity contribution >= 4 is 16.6 Å². The fraction of sp³-hybridized carbons (Fsp3) is 0.400. The van der Waals surface area contributed by atoms with E-state index in [1.807, 2.05) is 19.2 Å². The van der Waals surface area contributed by atoms with Crippen LogP contribution in [0.2, 0.25) is 0 Å². The summed E-state index contributed by atoms with van der Waals surface area (Å²) in [5, 5.41) is 4.39. The van der Waals surface area contributed by atoms with Gasteiger partial charge < -0.3 is 14.8 Å². The van der Waals surface area contributed by atoms with Crippen LogP contribution in [0.3, 0.4) is 0 Å². The smallest absolute Gasteiger partial charge is 0.163 e. The van der Waals surface area contributed by atoms with Crippen LogP contribution in [0.5, 0.6) is 11.5 Å². The molecule has 1 aliphatic rings. The monoisotopic (exact) mass is 258 g/mol. The fourth-order valence-electron chi connectivity index (χ4n) is 2.68. The Hall–Kier alpha value is -1.97. The van der Waals surface area contributed by atoms with E-state index in [9.17, 15) is 0 Å². The fourth-order valence-corrected chi connectivity index (χ4v) is 2.68. The molecule has 0 radical (unpaired) electrons. The van der Waals surface area contributed by atoms with Crippen molar-refractivity contribution in [2.75, 3.05) is 25.6 Å². The van der Waals surface area contributed by atoms with Gasteiger partial charge in [-0.25, -0.2) is 0 Å². The average molecular weight is 258 g/mol. The lowest BCUT2D eigenvalue weighted by atomic mass is 10.0. The van der Waals surface area contributed by atoms with Gasteiger partial charge in [0.15, 0.2) is 11.5 Å². The highest BCUT2D eigenvalue weighted by Gasteiger charge is 2.17. The average Bonchev–Trinajstić information content (AvgIpc) is 2.43. The first-order valence-corrected chi connectivity index (χ1v) is 6.65. The van der Waals surface area contributed by atoms with E-state index in [1.165, 1.54) is 5.56 Å². The Morgan fingerprint density at radius 3 is 2.53 bits per heavy atom. The third-order valence-electron chi connectivity index (χ3n) is 3.56. The van der Waals surface area contributed by atoms with Gasteiger partial charge in [-0.15, -0.1) is 0 Å². The SMILES string of the molecule is CCc1c(C)nc2cc3c(cc2c1NC)OCCO3. The Morgan fingerprint density at radius 1 is 1.21 bits per heavy atom. The summed E-state index contributed by atoms with van der Waals surface area (Å²) in [4.78, 5) is 4.69. The summed E-state index contributed by atoms with van der Waals surface area (Å²) in [6, 6.07) is 4.00. The molecule has 2 heterocycles. The number of nitrogens with one attached hydrogen (secondary N) is 1. The van der Waals surface area contributed by atoms with Crippen LogP contribution in [-0.2, 0) is 6.42 Å². The topological polar surface area (TPSA) is 43.4 Å². The molecule has 4 heteroatoms. The molecule has 0 unspecified atom stereocenters. The number of aryl methyl sites for hydroxylation is 1. The summed E-state index contributed by atoms with van der Waals surface area (Å²) in [7, 11) is 1.95. The molecule has 2 aromatic rings. The highest BCUT2D eigenvalue weighted by molar-refractivity contribution is 5.95. The van der Waals surface area contributed by atoms with Gasteiger partial charge in [-0.3, -0.25) is 4.98 Å². The molecule has 19 heavy (non-hydrogen) atoms. The molecule has 1 aliphatic heterocycles. The van der Waals surface area contributed by atoms with Gasteiger partial charge in [-0.2, -0.15) is 0 Å². The van der Waals surface area contributed by atoms with E-state index < -0.39 is 0 Å². The van der Waals surface area contributed by atoms with Crippen molar-refractivity contribution in [2.45, 2.75) is 20.3 Å². The molecule has 100 valence electrons. The highest BCUT2D eigenvalue weighted by Crippen LogP contribution is 2.38. The van der Waals surface area contributed by atoms with E-state index in [-0.39, 0.29) is 0 Å². The zero-order chi connectivity index (χ0) is 13.4. The van der Waals surface area contributed by atoms with E-state index in [0.717, 1.165) is 40.2 Å². The molecule has 0 amide bonds. The van der Waals surface area contributed by atoms with Crippen molar-refractivity contribution in [3.63, 3.8) is 0 Å². The quantitative estimate of drug-likeness (QED) is 0.899. The van der Waals surface area contributed by atoms with Gasteiger partial charge in [0.05, 0.1) is 5.52 Å². The van der Waals surface area contributed by atoms with Gasteiger partial charge in [-0.1, -0.05) is 6.92 Å². The molecule has 1 N–H and O–H groups in total. The molecule has 0 atom stereocenters. The second-order valence-electron chi connectivity index (χ2n) is 4.67. The summed E-state index contributed by atoms with van der Waals surface area (Å²) < 4.78 is 11.3. The van der Waals surface area contributed by atoms with Crippen molar-refractivity contribution in [3.05, 3.63) is 23.4 Å². The molecule has 0 spiro atoms. The number of aromatic nitrogens is 1. The van der Waals surface area contributed by atoms with Crippen LogP contribution in [-0.4, -0.2) is 25.2 Å². The Kier molecular flexibility index (Phi) is 2.93. The Balaban J connectivity index is 2.32. The largest absolute Gasteiger partial charge is 0.486 e. The van der Waals surface area contributed by atoms with Crippen LogP contribution in [0.15, 0.2) is 12.1 Å². The molecule has 1 aromatic carbocycles. The first-order chi connectivity index (χ1) is 9.24. The highest BCUT2D eigenvalue weighted by atomic mass is 16.6. The molecule has 4 nitrogen and oxygen atoms in total. The Morgan fingerprint density at radius 2 is 1.89 bits per heavy atom. The Bertz CT molecular complexity index is 638. The summed E-state index contributed by atoms with van der Waals surface area (Å²) >= 11 is 0. The predicted molar refractivity (Wildman–Crippen MR) is 76.4 cm³/mol. The van der Waals surface area contributed by atoms with Gasteiger partial charge in [0, 0.05) is 29.9 Å². The molecule has 0 aliphatic carbocycles. The van der Waals surface area contributed by atoms with E-state index in [4.69, 9.17) is 9.47 Å². The lowest BCUT2D eigenvalue weighted by Gasteiger charge is -2.20. The van der Waals surface area contributed by atoms with E-state index in [1.54, 1.807) is 0 Å². The number of benzene rings is 1. The maximum Gasteiger partial charge on any atom is 0.163 e. The number of nitrogens with zero attached hydrogens (tertiary/aromatic N) is 1. The van der Waals surface area contributed by atoms with Crippen LogP contribution >= 0.6 is 0 Å². The maximum absolute atomic E-state index is 5.65. The van der Waals surface area contributed by atoms with Crippen molar-refractivity contribution in [3.8, 4) is 11.5 Å². The summed E-state index contributed by atoms with van der Waals surface area (Å²) in [6.45, 7) is 5.40. The standard InChI is InChI=1S/C15H18N2O2/c1-4-10-9(2)17-12-8-14-13(18-5-6-19-14)7-11(12)15(10)16-3/h7-8H,4-6H2,1-3H3,(H,16,17). The third-order valence-corrected chi connectivity index (χ3v) is 3.56. The lowest BCUT2D eigenvalue weighted by molar-refractivity contribution is 0.172. The van der Waals surface area contributed by atoms with Crippen molar-refractivity contribution in [1.82, 2.24) is 4.98 Å². The van der Waals surface area contributed by atoms with Crippen LogP contribution < -0.4 is 14.8 Å². The number of rotatable bonds is 2. The van der Waals surface area contributed by atoms with E-state index in [0.29, 0.717) is 13.2 Å². The molecular formula is C15H18N2O2. The minimum atomic E-state index is 0.601. The molecule has 0 saturated heterocycles. The van der Waals surface area contributed by atoms with E-state index >= 15 is 0 Å². The minimum Gasteiger partial charge on any atom is -0.486 e. The number of hydrogen-bond donors (Lipinski definition) is 1. The predicted octanol–water partition coefficient (Wildman–Crippen LogP) is 2.92. The molecule has 0 bridgehead atoms. The van der Waals surface area contributed by atoms with Gasteiger partial charge in [0.2, 0.25) is 0 Å². The van der Waals surface area contributed by atoms with Crippen molar-refractivity contribution in [1.29, 1.82) is 0 Å². The van der Waals surface area contributed by atoms with Gasteiger partial charge in [0.1, 0.15) is 13.2 Å². The normalized spacial score (nSPS) is 13.6. The van der Waals surface area contributed by atoms with Gasteiger partial charge in [-0.05, 0) is 25.0 Å². The van der Waals surface area contributed by atoms with Crippen molar-refractivity contribution in [2.24, 2.45) is 0 Å². The molecule has 1 aromatic heterocycles. The second kappa shape index (κ2) is 4.61. The molecular weight excluding hydrogens is 240 g/mol. The first-order valence-electron chi connectivity index (χ1n) is 6.65. The van der Waals surface area contributed by atoms with Crippen LogP contribution in [0.25, 0.3) is 10.9 Å². The number of fused-ring (bicyclic) bond motifs is 2. The van der Waals surface area contributed by atoms with Gasteiger partial charge >= 0.3 is 0 Å². The van der Waals surface area contributed by atoms with Gasteiger partial charge in [0.25, 0.3) is 0 Å². The number of ether oxygens (including phenoxy) is 2.